The highest BCUT2D eigenvalue weighted by Gasteiger charge is 2.11. The number of hydrogen-bond acceptors (Lipinski definition) is 4. The fraction of sp³-hybridized carbons (Fsp3) is 0.308. The minimum absolute atomic E-state index is 0.213. The minimum Gasteiger partial charge on any atom is -0.485 e. The molecule has 0 aliphatic rings. The van der Waals surface area contributed by atoms with Crippen LogP contribution in [-0.4, -0.2) is 19.8 Å². The molecule has 0 unspecified atom stereocenters. The Balaban J connectivity index is 2.20. The van der Waals surface area contributed by atoms with Gasteiger partial charge in [-0.2, -0.15) is 5.10 Å². The van der Waals surface area contributed by atoms with Gasteiger partial charge in [0.15, 0.2) is 5.82 Å². The van der Waals surface area contributed by atoms with E-state index in [0.29, 0.717) is 16.3 Å². The molecule has 2 rings (SSSR count). The lowest BCUT2D eigenvalue weighted by Crippen LogP contribution is -2.14. The number of thiocarbonyl (C=S) groups is 1. The Morgan fingerprint density at radius 1 is 1.50 bits per heavy atom. The van der Waals surface area contributed by atoms with Crippen molar-refractivity contribution < 1.29 is 4.74 Å². The van der Waals surface area contributed by atoms with Crippen molar-refractivity contribution in [3.63, 3.8) is 0 Å². The van der Waals surface area contributed by atoms with Crippen molar-refractivity contribution in [1.29, 1.82) is 0 Å². The van der Waals surface area contributed by atoms with Gasteiger partial charge in [0, 0.05) is 11.1 Å². The SMILES string of the molecule is CC(C)n1ncnc1COc1cc(Cl)ccc1C(N)=S. The predicted molar refractivity (Wildman–Crippen MR) is 82.1 cm³/mol. The third-order valence-corrected chi connectivity index (χ3v) is 3.16. The smallest absolute Gasteiger partial charge is 0.165 e. The second-order valence-corrected chi connectivity index (χ2v) is 5.38. The molecular weight excluding hydrogens is 296 g/mol. The number of halogens is 1. The molecule has 5 nitrogen and oxygen atoms in total. The van der Waals surface area contributed by atoms with Gasteiger partial charge in [0.05, 0.1) is 5.56 Å². The predicted octanol–water partition coefficient (Wildman–Crippen LogP) is 2.73. The summed E-state index contributed by atoms with van der Waals surface area (Å²) in [4.78, 5) is 4.44. The molecule has 0 atom stereocenters. The third kappa shape index (κ3) is 3.26. The molecule has 2 aromatic rings. The summed E-state index contributed by atoms with van der Waals surface area (Å²) in [7, 11) is 0. The number of rotatable bonds is 5. The van der Waals surface area contributed by atoms with Gasteiger partial charge in [0.1, 0.15) is 23.7 Å². The van der Waals surface area contributed by atoms with E-state index in [0.717, 1.165) is 5.82 Å². The number of nitrogens with two attached hydrogens (primary N) is 1. The van der Waals surface area contributed by atoms with Gasteiger partial charge in [-0.1, -0.05) is 23.8 Å². The molecule has 1 aromatic heterocycles. The van der Waals surface area contributed by atoms with Gasteiger partial charge < -0.3 is 10.5 Å². The van der Waals surface area contributed by atoms with Gasteiger partial charge in [-0.05, 0) is 32.0 Å². The molecule has 0 radical (unpaired) electrons. The average Bonchev–Trinajstić information content (AvgIpc) is 2.84. The summed E-state index contributed by atoms with van der Waals surface area (Å²) in [6.07, 6.45) is 1.51. The van der Waals surface area contributed by atoms with Crippen LogP contribution >= 0.6 is 23.8 Å². The Labute approximate surface area is 127 Å². The van der Waals surface area contributed by atoms with Crippen molar-refractivity contribution in [2.75, 3.05) is 0 Å². The molecule has 0 saturated carbocycles. The second kappa shape index (κ2) is 6.19. The van der Waals surface area contributed by atoms with Crippen LogP contribution in [0.1, 0.15) is 31.3 Å². The zero-order chi connectivity index (χ0) is 14.7. The Kier molecular flexibility index (Phi) is 4.57. The van der Waals surface area contributed by atoms with Crippen LogP contribution in [0.5, 0.6) is 5.75 Å². The zero-order valence-electron chi connectivity index (χ0n) is 11.2. The largest absolute Gasteiger partial charge is 0.485 e. The zero-order valence-corrected chi connectivity index (χ0v) is 12.8. The molecule has 2 N–H and O–H groups in total. The highest BCUT2D eigenvalue weighted by molar-refractivity contribution is 7.80. The van der Waals surface area contributed by atoms with Crippen LogP contribution in [0.2, 0.25) is 5.02 Å². The Bertz CT molecular complexity index is 627. The normalized spacial score (nSPS) is 10.8. The first-order valence-corrected chi connectivity index (χ1v) is 6.88. The van der Waals surface area contributed by atoms with Gasteiger partial charge in [-0.25, -0.2) is 9.67 Å². The van der Waals surface area contributed by atoms with E-state index in [9.17, 15) is 0 Å². The summed E-state index contributed by atoms with van der Waals surface area (Å²) in [6, 6.07) is 5.37. The van der Waals surface area contributed by atoms with Gasteiger partial charge >= 0.3 is 0 Å². The van der Waals surface area contributed by atoms with Crippen LogP contribution in [-0.2, 0) is 6.61 Å². The monoisotopic (exact) mass is 310 g/mol. The standard InChI is InChI=1S/C13H15ClN4OS/c1-8(2)18-12(16-7-17-18)6-19-11-5-9(14)3-4-10(11)13(15)20/h3-5,7-8H,6H2,1-2H3,(H2,15,20). The molecule has 20 heavy (non-hydrogen) atoms. The maximum Gasteiger partial charge on any atom is 0.165 e. The molecule has 0 bridgehead atoms. The highest BCUT2D eigenvalue weighted by Crippen LogP contribution is 2.24. The lowest BCUT2D eigenvalue weighted by molar-refractivity contribution is 0.282. The van der Waals surface area contributed by atoms with Crippen LogP contribution in [0.25, 0.3) is 0 Å². The molecule has 106 valence electrons. The lowest BCUT2D eigenvalue weighted by atomic mass is 10.2. The molecule has 7 heteroatoms. The summed E-state index contributed by atoms with van der Waals surface area (Å²) in [5, 5.41) is 4.71. The first-order chi connectivity index (χ1) is 9.49. The van der Waals surface area contributed by atoms with Crippen molar-refractivity contribution in [2.45, 2.75) is 26.5 Å². The molecule has 0 fully saturated rings. The number of benzene rings is 1. The van der Waals surface area contributed by atoms with Gasteiger partial charge in [0.2, 0.25) is 0 Å². The van der Waals surface area contributed by atoms with E-state index in [1.807, 2.05) is 13.8 Å². The van der Waals surface area contributed by atoms with E-state index in [1.165, 1.54) is 6.33 Å². The molecule has 1 heterocycles. The maximum atomic E-state index is 5.97. The van der Waals surface area contributed by atoms with E-state index in [4.69, 9.17) is 34.3 Å². The van der Waals surface area contributed by atoms with E-state index in [2.05, 4.69) is 10.1 Å². The molecule has 0 saturated heterocycles. The number of hydrogen-bond donors (Lipinski definition) is 1. The average molecular weight is 311 g/mol. The topological polar surface area (TPSA) is 66.0 Å². The minimum atomic E-state index is 0.213. The third-order valence-electron chi connectivity index (χ3n) is 2.70. The second-order valence-electron chi connectivity index (χ2n) is 4.51. The van der Waals surface area contributed by atoms with E-state index in [1.54, 1.807) is 22.9 Å². The van der Waals surface area contributed by atoms with Crippen molar-refractivity contribution in [1.82, 2.24) is 14.8 Å². The Morgan fingerprint density at radius 2 is 2.25 bits per heavy atom. The number of aromatic nitrogens is 3. The number of nitrogens with zero attached hydrogens (tertiary/aromatic N) is 3. The van der Waals surface area contributed by atoms with Crippen LogP contribution in [0, 0.1) is 0 Å². The fourth-order valence-corrected chi connectivity index (χ4v) is 2.10. The summed E-state index contributed by atoms with van der Waals surface area (Å²) < 4.78 is 7.54. The van der Waals surface area contributed by atoms with E-state index in [-0.39, 0.29) is 17.6 Å². The van der Waals surface area contributed by atoms with Gasteiger partial charge in [0.25, 0.3) is 0 Å². The molecular formula is C13H15ClN4OS. The molecule has 1 aromatic carbocycles. The summed E-state index contributed by atoms with van der Waals surface area (Å²) in [5.74, 6) is 1.28. The van der Waals surface area contributed by atoms with Crippen LogP contribution in [0.15, 0.2) is 24.5 Å². The number of ether oxygens (including phenoxy) is 1. The maximum absolute atomic E-state index is 5.97. The summed E-state index contributed by atoms with van der Waals surface area (Å²) in [5.41, 5.74) is 6.32. The summed E-state index contributed by atoms with van der Waals surface area (Å²) in [6.45, 7) is 4.32. The Hall–Kier alpha value is -1.66. The quantitative estimate of drug-likeness (QED) is 0.860. The van der Waals surface area contributed by atoms with Crippen LogP contribution < -0.4 is 10.5 Å². The van der Waals surface area contributed by atoms with Crippen molar-refractivity contribution >= 4 is 28.8 Å². The fourth-order valence-electron chi connectivity index (χ4n) is 1.77. The van der Waals surface area contributed by atoms with E-state index < -0.39 is 0 Å². The van der Waals surface area contributed by atoms with Crippen LogP contribution in [0.3, 0.4) is 0 Å². The van der Waals surface area contributed by atoms with Gasteiger partial charge in [-0.15, -0.1) is 0 Å². The molecule has 0 spiro atoms. The van der Waals surface area contributed by atoms with Crippen molar-refractivity contribution in [2.24, 2.45) is 5.73 Å². The van der Waals surface area contributed by atoms with Crippen LogP contribution in [0.4, 0.5) is 0 Å². The molecule has 0 aliphatic carbocycles. The lowest BCUT2D eigenvalue weighted by Gasteiger charge is -2.13. The first-order valence-electron chi connectivity index (χ1n) is 6.09. The van der Waals surface area contributed by atoms with Crippen molar-refractivity contribution in [3.05, 3.63) is 40.9 Å². The first kappa shape index (κ1) is 14.7. The molecule has 0 amide bonds. The van der Waals surface area contributed by atoms with E-state index >= 15 is 0 Å². The molecule has 0 aliphatic heterocycles. The highest BCUT2D eigenvalue weighted by atomic mass is 35.5. The van der Waals surface area contributed by atoms with Crippen molar-refractivity contribution in [3.8, 4) is 5.75 Å². The van der Waals surface area contributed by atoms with Gasteiger partial charge in [-0.3, -0.25) is 0 Å². The summed E-state index contributed by atoms with van der Waals surface area (Å²) >= 11 is 11.0. The Morgan fingerprint density at radius 3 is 2.90 bits per heavy atom.